The highest BCUT2D eigenvalue weighted by Gasteiger charge is 2.22. The fourth-order valence-electron chi connectivity index (χ4n) is 2.56. The number of nitrogens with one attached hydrogen (secondary N) is 1. The molecule has 1 heterocycles. The van der Waals surface area contributed by atoms with Crippen molar-refractivity contribution in [2.75, 3.05) is 11.9 Å². The molecule has 2 aromatic carbocycles. The van der Waals surface area contributed by atoms with Crippen LogP contribution < -0.4 is 10.1 Å². The van der Waals surface area contributed by atoms with E-state index in [-0.39, 0.29) is 5.69 Å². The molecule has 3 rings (SSSR count). The normalized spacial score (nSPS) is 11.6. The Bertz CT molecular complexity index is 998. The topological polar surface area (TPSA) is 77.5 Å². The highest BCUT2D eigenvalue weighted by atomic mass is 32.1. The SMILES string of the molecule is CCOc1ccccc1NC(=O)C(C)OC(=O)c1csc(-c2ccc(C)cc2)n1. The number of carbonyl (C=O) groups is 2. The van der Waals surface area contributed by atoms with E-state index in [1.807, 2.05) is 44.2 Å². The van der Waals surface area contributed by atoms with Gasteiger partial charge >= 0.3 is 5.97 Å². The average Bonchev–Trinajstić information content (AvgIpc) is 3.20. The summed E-state index contributed by atoms with van der Waals surface area (Å²) in [5.41, 5.74) is 2.78. The first-order valence-electron chi connectivity index (χ1n) is 9.24. The van der Waals surface area contributed by atoms with E-state index >= 15 is 0 Å². The highest BCUT2D eigenvalue weighted by Crippen LogP contribution is 2.25. The van der Waals surface area contributed by atoms with Crippen LogP contribution in [-0.4, -0.2) is 29.6 Å². The van der Waals surface area contributed by atoms with E-state index in [0.717, 1.165) is 16.1 Å². The number of para-hydroxylation sites is 2. The first kappa shape index (κ1) is 20.5. The fourth-order valence-corrected chi connectivity index (χ4v) is 3.35. The zero-order chi connectivity index (χ0) is 20.8. The number of amides is 1. The summed E-state index contributed by atoms with van der Waals surface area (Å²) >= 11 is 1.35. The Hall–Kier alpha value is -3.19. The minimum Gasteiger partial charge on any atom is -0.492 e. The maximum Gasteiger partial charge on any atom is 0.358 e. The Balaban J connectivity index is 1.63. The van der Waals surface area contributed by atoms with Crippen LogP contribution in [0.5, 0.6) is 5.75 Å². The van der Waals surface area contributed by atoms with Gasteiger partial charge in [-0.25, -0.2) is 9.78 Å². The van der Waals surface area contributed by atoms with Gasteiger partial charge in [0.15, 0.2) is 11.8 Å². The van der Waals surface area contributed by atoms with Gasteiger partial charge in [0.05, 0.1) is 12.3 Å². The summed E-state index contributed by atoms with van der Waals surface area (Å²) in [6, 6.07) is 15.0. The van der Waals surface area contributed by atoms with Crippen LogP contribution >= 0.6 is 11.3 Å². The molecule has 29 heavy (non-hydrogen) atoms. The monoisotopic (exact) mass is 410 g/mol. The second kappa shape index (κ2) is 9.34. The summed E-state index contributed by atoms with van der Waals surface area (Å²) in [6.45, 7) is 5.86. The van der Waals surface area contributed by atoms with E-state index in [2.05, 4.69) is 10.3 Å². The summed E-state index contributed by atoms with van der Waals surface area (Å²) in [5, 5.41) is 5.08. The molecular weight excluding hydrogens is 388 g/mol. The molecule has 7 heteroatoms. The van der Waals surface area contributed by atoms with Gasteiger partial charge in [-0.1, -0.05) is 42.0 Å². The van der Waals surface area contributed by atoms with Crippen LogP contribution in [0.1, 0.15) is 29.9 Å². The molecule has 150 valence electrons. The molecule has 3 aromatic rings. The van der Waals surface area contributed by atoms with Gasteiger partial charge < -0.3 is 14.8 Å². The minimum absolute atomic E-state index is 0.181. The van der Waals surface area contributed by atoms with Crippen molar-refractivity contribution in [2.24, 2.45) is 0 Å². The van der Waals surface area contributed by atoms with Gasteiger partial charge in [-0.3, -0.25) is 4.79 Å². The first-order valence-corrected chi connectivity index (χ1v) is 10.1. The van der Waals surface area contributed by atoms with Crippen LogP contribution in [-0.2, 0) is 9.53 Å². The molecule has 6 nitrogen and oxygen atoms in total. The maximum atomic E-state index is 12.4. The number of rotatable bonds is 7. The predicted octanol–water partition coefficient (Wildman–Crippen LogP) is 4.70. The molecule has 0 bridgehead atoms. The van der Waals surface area contributed by atoms with Gasteiger partial charge in [0.2, 0.25) is 0 Å². The zero-order valence-corrected chi connectivity index (χ0v) is 17.3. The number of ether oxygens (including phenoxy) is 2. The van der Waals surface area contributed by atoms with Gasteiger partial charge in [-0.2, -0.15) is 0 Å². The van der Waals surface area contributed by atoms with Crippen molar-refractivity contribution in [3.8, 4) is 16.3 Å². The predicted molar refractivity (Wildman–Crippen MR) is 113 cm³/mol. The molecule has 0 fully saturated rings. The summed E-state index contributed by atoms with van der Waals surface area (Å²) in [5.74, 6) is -0.524. The third-order valence-electron chi connectivity index (χ3n) is 4.11. The number of aryl methyl sites for hydroxylation is 1. The van der Waals surface area contributed by atoms with E-state index in [9.17, 15) is 9.59 Å². The Morgan fingerprint density at radius 2 is 1.86 bits per heavy atom. The lowest BCUT2D eigenvalue weighted by molar-refractivity contribution is -0.123. The van der Waals surface area contributed by atoms with Crippen molar-refractivity contribution >= 4 is 28.9 Å². The van der Waals surface area contributed by atoms with Crippen LogP contribution in [0.25, 0.3) is 10.6 Å². The number of nitrogens with zero attached hydrogens (tertiary/aromatic N) is 1. The van der Waals surface area contributed by atoms with Crippen molar-refractivity contribution < 1.29 is 19.1 Å². The number of thiazole rings is 1. The summed E-state index contributed by atoms with van der Waals surface area (Å²) in [4.78, 5) is 29.2. The van der Waals surface area contributed by atoms with Gasteiger partial charge in [-0.05, 0) is 32.9 Å². The van der Waals surface area contributed by atoms with E-state index in [4.69, 9.17) is 9.47 Å². The number of anilines is 1. The quantitative estimate of drug-likeness (QED) is 0.571. The first-order chi connectivity index (χ1) is 14.0. The van der Waals surface area contributed by atoms with Gasteiger partial charge in [-0.15, -0.1) is 11.3 Å². The van der Waals surface area contributed by atoms with Gasteiger partial charge in [0.25, 0.3) is 5.91 Å². The average molecular weight is 410 g/mol. The number of carbonyl (C=O) groups excluding carboxylic acids is 2. The highest BCUT2D eigenvalue weighted by molar-refractivity contribution is 7.13. The van der Waals surface area contributed by atoms with Gasteiger partial charge in [0.1, 0.15) is 10.8 Å². The standard InChI is InChI=1S/C22H22N2O4S/c1-4-27-19-8-6-5-7-17(19)23-20(25)15(3)28-22(26)18-13-29-21(24-18)16-11-9-14(2)10-12-16/h5-13,15H,4H2,1-3H3,(H,23,25). The van der Waals surface area contributed by atoms with Crippen LogP contribution in [0.2, 0.25) is 0 Å². The van der Waals surface area contributed by atoms with Crippen molar-refractivity contribution in [3.05, 3.63) is 65.2 Å². The number of hydrogen-bond acceptors (Lipinski definition) is 6. The number of aromatic nitrogens is 1. The van der Waals surface area contributed by atoms with Crippen LogP contribution in [0.3, 0.4) is 0 Å². The summed E-state index contributed by atoms with van der Waals surface area (Å²) in [6.07, 6.45) is -0.985. The Morgan fingerprint density at radius 3 is 2.59 bits per heavy atom. The zero-order valence-electron chi connectivity index (χ0n) is 16.5. The Kier molecular flexibility index (Phi) is 6.61. The van der Waals surface area contributed by atoms with Crippen molar-refractivity contribution in [1.29, 1.82) is 0 Å². The lowest BCUT2D eigenvalue weighted by atomic mass is 10.2. The lowest BCUT2D eigenvalue weighted by Crippen LogP contribution is -2.30. The largest absolute Gasteiger partial charge is 0.492 e. The fraction of sp³-hybridized carbons (Fsp3) is 0.227. The summed E-state index contributed by atoms with van der Waals surface area (Å²) < 4.78 is 10.8. The Morgan fingerprint density at radius 1 is 1.14 bits per heavy atom. The van der Waals surface area contributed by atoms with Gasteiger partial charge in [0, 0.05) is 10.9 Å². The van der Waals surface area contributed by atoms with Crippen molar-refractivity contribution in [1.82, 2.24) is 4.98 Å². The van der Waals surface area contributed by atoms with Crippen LogP contribution in [0, 0.1) is 6.92 Å². The number of benzene rings is 2. The molecular formula is C22H22N2O4S. The molecule has 0 radical (unpaired) electrons. The van der Waals surface area contributed by atoms with E-state index in [0.29, 0.717) is 18.0 Å². The molecule has 0 spiro atoms. The molecule has 0 aliphatic rings. The van der Waals surface area contributed by atoms with E-state index < -0.39 is 18.0 Å². The second-order valence-electron chi connectivity index (χ2n) is 6.37. The summed E-state index contributed by atoms with van der Waals surface area (Å²) in [7, 11) is 0. The maximum absolute atomic E-state index is 12.4. The van der Waals surface area contributed by atoms with E-state index in [1.165, 1.54) is 18.3 Å². The minimum atomic E-state index is -0.985. The second-order valence-corrected chi connectivity index (χ2v) is 7.23. The Labute approximate surface area is 173 Å². The third-order valence-corrected chi connectivity index (χ3v) is 5.00. The lowest BCUT2D eigenvalue weighted by Gasteiger charge is -2.15. The van der Waals surface area contributed by atoms with Crippen molar-refractivity contribution in [3.63, 3.8) is 0 Å². The molecule has 0 aliphatic carbocycles. The molecule has 1 amide bonds. The third kappa shape index (κ3) is 5.20. The molecule has 1 atom stereocenters. The molecule has 1 N–H and O–H groups in total. The number of esters is 1. The number of hydrogen-bond donors (Lipinski definition) is 1. The molecule has 0 saturated heterocycles. The van der Waals surface area contributed by atoms with Crippen molar-refractivity contribution in [2.45, 2.75) is 26.9 Å². The van der Waals surface area contributed by atoms with Crippen LogP contribution in [0.15, 0.2) is 53.9 Å². The van der Waals surface area contributed by atoms with Crippen LogP contribution in [0.4, 0.5) is 5.69 Å². The molecule has 1 unspecified atom stereocenters. The smallest absolute Gasteiger partial charge is 0.358 e. The molecule has 0 saturated carbocycles. The van der Waals surface area contributed by atoms with E-state index in [1.54, 1.807) is 23.6 Å². The molecule has 0 aliphatic heterocycles. The molecule has 1 aromatic heterocycles.